The first-order valence-corrected chi connectivity index (χ1v) is 8.00. The smallest absolute Gasteiger partial charge is 0.111 e. The summed E-state index contributed by atoms with van der Waals surface area (Å²) >= 11 is 5.22. The number of rotatable bonds is 4. The quantitative estimate of drug-likeness (QED) is 0.505. The molecule has 2 N–H and O–H groups in total. The molecule has 0 unspecified atom stereocenters. The molecule has 0 radical (unpaired) electrons. The molecule has 2 rings (SSSR count). The normalized spacial score (nSPS) is 10.4. The van der Waals surface area contributed by atoms with Gasteiger partial charge in [0.25, 0.3) is 0 Å². The first-order chi connectivity index (χ1) is 8.75. The van der Waals surface area contributed by atoms with Gasteiger partial charge >= 0.3 is 0 Å². The maximum Gasteiger partial charge on any atom is 0.111 e. The molecule has 0 aliphatic rings. The standard InChI is InChI=1S/C15H17NS2.Zn/c16-15(17)18(11-13-7-3-1-4-8-13)12-14-9-5-2-6-10-14;/h1-10,18H,11-12H2,(H2,16,17);. The molecule has 0 fully saturated rings. The topological polar surface area (TPSA) is 26.0 Å². The molecule has 0 amide bonds. The van der Waals surface area contributed by atoms with Crippen LogP contribution >= 0.6 is 23.1 Å². The summed E-state index contributed by atoms with van der Waals surface area (Å²) in [5, 5.41) is 0. The van der Waals surface area contributed by atoms with Crippen LogP contribution in [0, 0.1) is 0 Å². The Morgan fingerprint density at radius 3 is 1.53 bits per heavy atom. The summed E-state index contributed by atoms with van der Waals surface area (Å²) in [4.78, 5) is 0. The van der Waals surface area contributed by atoms with E-state index in [0.29, 0.717) is 4.32 Å². The Morgan fingerprint density at radius 2 is 1.21 bits per heavy atom. The molecule has 4 heteroatoms. The number of thiocarbonyl (C=S) groups is 1. The Morgan fingerprint density at radius 1 is 0.842 bits per heavy atom. The Labute approximate surface area is 135 Å². The Bertz CT molecular complexity index is 461. The molecule has 0 saturated carbocycles. The molecule has 19 heavy (non-hydrogen) atoms. The predicted molar refractivity (Wildman–Crippen MR) is 86.1 cm³/mol. The van der Waals surface area contributed by atoms with E-state index in [0.717, 1.165) is 11.5 Å². The van der Waals surface area contributed by atoms with E-state index < -0.39 is 10.9 Å². The third-order valence-electron chi connectivity index (χ3n) is 2.74. The molecular weight excluding hydrogens is 324 g/mol. The minimum absolute atomic E-state index is 0. The minimum atomic E-state index is -0.463. The van der Waals surface area contributed by atoms with Gasteiger partial charge in [-0.2, -0.15) is 10.9 Å². The Hall–Kier alpha value is -0.697. The van der Waals surface area contributed by atoms with Crippen molar-refractivity contribution in [1.29, 1.82) is 0 Å². The van der Waals surface area contributed by atoms with Crippen molar-refractivity contribution >= 4 is 27.4 Å². The number of benzene rings is 2. The van der Waals surface area contributed by atoms with Crippen LogP contribution in [0.3, 0.4) is 0 Å². The molecule has 0 spiro atoms. The van der Waals surface area contributed by atoms with Gasteiger partial charge in [0.2, 0.25) is 0 Å². The average molecular weight is 341 g/mol. The third kappa shape index (κ3) is 5.44. The third-order valence-corrected chi connectivity index (χ3v) is 5.64. The van der Waals surface area contributed by atoms with Crippen LogP contribution in [0.2, 0.25) is 0 Å². The van der Waals surface area contributed by atoms with Crippen molar-refractivity contribution in [2.24, 2.45) is 5.73 Å². The van der Waals surface area contributed by atoms with E-state index in [9.17, 15) is 0 Å². The molecule has 0 aliphatic heterocycles. The molecule has 0 bridgehead atoms. The maximum absolute atomic E-state index is 5.89. The van der Waals surface area contributed by atoms with Crippen LogP contribution in [0.15, 0.2) is 60.7 Å². The van der Waals surface area contributed by atoms with Crippen LogP contribution in [0.4, 0.5) is 0 Å². The first kappa shape index (κ1) is 16.4. The van der Waals surface area contributed by atoms with E-state index in [4.69, 9.17) is 18.0 Å². The Kier molecular flexibility index (Phi) is 7.29. The zero-order valence-corrected chi connectivity index (χ0v) is 15.5. The molecule has 2 aromatic rings. The van der Waals surface area contributed by atoms with Gasteiger partial charge in [0.05, 0.1) is 0 Å². The number of hydrogen-bond acceptors (Lipinski definition) is 1. The van der Waals surface area contributed by atoms with Gasteiger partial charge in [-0.1, -0.05) is 72.9 Å². The zero-order chi connectivity index (χ0) is 12.8. The monoisotopic (exact) mass is 339 g/mol. The van der Waals surface area contributed by atoms with E-state index in [-0.39, 0.29) is 19.5 Å². The molecule has 0 heterocycles. The van der Waals surface area contributed by atoms with Gasteiger partial charge in [0.1, 0.15) is 4.32 Å². The van der Waals surface area contributed by atoms with Gasteiger partial charge in [0.15, 0.2) is 0 Å². The summed E-state index contributed by atoms with van der Waals surface area (Å²) in [6.45, 7) is 0. The van der Waals surface area contributed by atoms with Gasteiger partial charge in [-0.25, -0.2) is 0 Å². The van der Waals surface area contributed by atoms with Crippen molar-refractivity contribution in [3.05, 3.63) is 71.8 Å². The van der Waals surface area contributed by atoms with Crippen LogP contribution in [-0.4, -0.2) is 4.32 Å². The van der Waals surface area contributed by atoms with Crippen LogP contribution in [0.5, 0.6) is 0 Å². The molecule has 0 aliphatic carbocycles. The van der Waals surface area contributed by atoms with E-state index >= 15 is 0 Å². The fourth-order valence-electron chi connectivity index (χ4n) is 1.82. The van der Waals surface area contributed by atoms with Crippen molar-refractivity contribution < 1.29 is 19.5 Å². The SMILES string of the molecule is NC(=S)[SH](Cc1ccccc1)Cc1ccccc1.[Zn]. The summed E-state index contributed by atoms with van der Waals surface area (Å²) < 4.78 is 0.665. The van der Waals surface area contributed by atoms with Gasteiger partial charge < -0.3 is 5.73 Å². The zero-order valence-electron chi connectivity index (χ0n) is 10.8. The van der Waals surface area contributed by atoms with Crippen molar-refractivity contribution in [3.8, 4) is 0 Å². The summed E-state index contributed by atoms with van der Waals surface area (Å²) in [7, 11) is -0.463. The second kappa shape index (κ2) is 8.47. The Balaban J connectivity index is 0.00000180. The van der Waals surface area contributed by atoms with Crippen LogP contribution in [-0.2, 0) is 31.0 Å². The predicted octanol–water partition coefficient (Wildman–Crippen LogP) is 3.63. The van der Waals surface area contributed by atoms with Gasteiger partial charge in [-0.15, -0.1) is 0 Å². The summed E-state index contributed by atoms with van der Waals surface area (Å²) in [6.07, 6.45) is 0. The van der Waals surface area contributed by atoms with Gasteiger partial charge in [-0.3, -0.25) is 0 Å². The molecule has 0 atom stereocenters. The second-order valence-corrected chi connectivity index (χ2v) is 7.10. The van der Waals surface area contributed by atoms with Crippen LogP contribution in [0.25, 0.3) is 0 Å². The van der Waals surface area contributed by atoms with Crippen LogP contribution in [0.1, 0.15) is 11.1 Å². The van der Waals surface area contributed by atoms with Crippen molar-refractivity contribution in [2.75, 3.05) is 0 Å². The number of nitrogens with two attached hydrogens (primary N) is 1. The fourth-order valence-corrected chi connectivity index (χ4v) is 3.93. The molecule has 1 nitrogen and oxygen atoms in total. The van der Waals surface area contributed by atoms with Gasteiger partial charge in [0, 0.05) is 31.0 Å². The number of hydrogen-bond donors (Lipinski definition) is 2. The summed E-state index contributed by atoms with van der Waals surface area (Å²) in [6, 6.07) is 20.9. The minimum Gasteiger partial charge on any atom is -0.386 e. The molecule has 2 aromatic carbocycles. The van der Waals surface area contributed by atoms with E-state index in [2.05, 4.69) is 48.5 Å². The summed E-state index contributed by atoms with van der Waals surface area (Å²) in [5.41, 5.74) is 8.52. The largest absolute Gasteiger partial charge is 0.386 e. The summed E-state index contributed by atoms with van der Waals surface area (Å²) in [5.74, 6) is 1.95. The molecular formula is C15H17NS2Zn. The van der Waals surface area contributed by atoms with Gasteiger partial charge in [-0.05, 0) is 11.1 Å². The van der Waals surface area contributed by atoms with E-state index in [1.807, 2.05) is 12.1 Å². The van der Waals surface area contributed by atoms with E-state index in [1.165, 1.54) is 11.1 Å². The second-order valence-electron chi connectivity index (χ2n) is 4.17. The molecule has 0 saturated heterocycles. The number of thiol groups is 1. The van der Waals surface area contributed by atoms with Crippen molar-refractivity contribution in [1.82, 2.24) is 0 Å². The fraction of sp³-hybridized carbons (Fsp3) is 0.133. The maximum atomic E-state index is 5.89. The van der Waals surface area contributed by atoms with Crippen molar-refractivity contribution in [3.63, 3.8) is 0 Å². The molecule has 96 valence electrons. The molecule has 0 aromatic heterocycles. The first-order valence-electron chi connectivity index (χ1n) is 5.88. The average Bonchev–Trinajstić information content (AvgIpc) is 2.40. The van der Waals surface area contributed by atoms with Crippen molar-refractivity contribution in [2.45, 2.75) is 11.5 Å². The van der Waals surface area contributed by atoms with Crippen LogP contribution < -0.4 is 5.73 Å². The van der Waals surface area contributed by atoms with E-state index in [1.54, 1.807) is 0 Å².